The van der Waals surface area contributed by atoms with Crippen LogP contribution in [0.25, 0.3) is 0 Å². The van der Waals surface area contributed by atoms with Gasteiger partial charge in [0.2, 0.25) is 0 Å². The van der Waals surface area contributed by atoms with Crippen molar-refractivity contribution >= 4 is 27.6 Å². The van der Waals surface area contributed by atoms with Gasteiger partial charge in [0, 0.05) is 12.8 Å². The van der Waals surface area contributed by atoms with E-state index in [0.29, 0.717) is 12.8 Å². The Labute approximate surface area is 263 Å². The number of quaternary nitrogens is 2. The summed E-state index contributed by atoms with van der Waals surface area (Å²) in [4.78, 5) is 57.1. The van der Waals surface area contributed by atoms with Gasteiger partial charge in [-0.2, -0.15) is 0 Å². The van der Waals surface area contributed by atoms with E-state index in [9.17, 15) is 48.9 Å². The number of phosphoric acid groups is 2. The van der Waals surface area contributed by atoms with Gasteiger partial charge >= 0.3 is 11.9 Å². The molecule has 1 saturated carbocycles. The van der Waals surface area contributed by atoms with E-state index in [4.69, 9.17) is 18.9 Å². The zero-order chi connectivity index (χ0) is 32.6. The average Bonchev–Trinajstić information content (AvgIpc) is 2.93. The fourth-order valence-electron chi connectivity index (χ4n) is 4.30. The van der Waals surface area contributed by atoms with Gasteiger partial charge in [0.25, 0.3) is 15.6 Å². The number of unbranched alkanes of at least 4 members (excludes halogenated alkanes) is 8. The number of aliphatic hydroxyl groups excluding tert-OH is 4. The summed E-state index contributed by atoms with van der Waals surface area (Å²) in [6.45, 7) is 2.65. The molecule has 0 aromatic rings. The molecule has 9 atom stereocenters. The zero-order valence-corrected chi connectivity index (χ0v) is 28.4. The minimum absolute atomic E-state index is 0. The van der Waals surface area contributed by atoms with Gasteiger partial charge in [-0.1, -0.05) is 65.2 Å². The van der Waals surface area contributed by atoms with E-state index in [1.165, 1.54) is 0 Å². The standard InChI is InChI=1S/C25H48O16P2.2H3N/c1-3-5-7-9-11-13-18(26)37-15-17(39-19(27)14-12-10-8-6-4-2)16-38-43(35,36)41-25-22(30)20(28)21(29)24(23(25)31)40-42(32,33)34;;/h17,20-25,28-31H,3-16H2,1-2H3,(H,35,36)(H2,32,33,34);2*1H3/t17-,20?,21?,22?,23?,24-,25+;;/m1../s1. The third kappa shape index (κ3) is 18.7. The second-order valence-corrected chi connectivity index (χ2v) is 12.9. The quantitative estimate of drug-likeness (QED) is 0.0472. The predicted molar refractivity (Wildman–Crippen MR) is 157 cm³/mol. The molecule has 0 radical (unpaired) electrons. The maximum atomic E-state index is 12.6. The third-order valence-corrected chi connectivity index (χ3v) is 8.14. The number of carbonyl (C=O) groups is 2. The van der Waals surface area contributed by atoms with Crippen molar-refractivity contribution in [3.63, 3.8) is 0 Å². The highest BCUT2D eigenvalue weighted by Gasteiger charge is 2.52. The summed E-state index contributed by atoms with van der Waals surface area (Å²) in [6, 6.07) is 0. The molecule has 20 heteroatoms. The molecule has 0 aromatic carbocycles. The normalized spacial score (nSPS) is 26.3. The first-order chi connectivity index (χ1) is 20.1. The van der Waals surface area contributed by atoms with E-state index >= 15 is 0 Å². The fraction of sp³-hybridized carbons (Fsp3) is 0.920. The van der Waals surface area contributed by atoms with Gasteiger partial charge < -0.3 is 70.5 Å². The van der Waals surface area contributed by atoms with Crippen molar-refractivity contribution in [2.45, 2.75) is 134 Å². The molecule has 0 aromatic heterocycles. The molecule has 0 bridgehead atoms. The zero-order valence-electron chi connectivity index (χ0n) is 26.6. The number of aliphatic hydroxyl groups is 4. The van der Waals surface area contributed by atoms with Crippen molar-refractivity contribution < 1.29 is 76.9 Å². The summed E-state index contributed by atoms with van der Waals surface area (Å²) in [5.74, 6) is -1.28. The topological polar surface area (TPSA) is 335 Å². The largest absolute Gasteiger partial charge is 0.756 e. The third-order valence-electron chi connectivity index (χ3n) is 6.67. The van der Waals surface area contributed by atoms with E-state index in [0.717, 1.165) is 51.4 Å². The van der Waals surface area contributed by atoms with Gasteiger partial charge in [-0.15, -0.1) is 0 Å². The van der Waals surface area contributed by atoms with Crippen molar-refractivity contribution in [3.05, 3.63) is 0 Å². The molecule has 0 heterocycles. The number of hydrogen-bond acceptors (Lipinski definition) is 15. The van der Waals surface area contributed by atoms with Crippen LogP contribution in [-0.2, 0) is 41.8 Å². The highest BCUT2D eigenvalue weighted by molar-refractivity contribution is 7.46. The Balaban J connectivity index is 0. The van der Waals surface area contributed by atoms with Crippen LogP contribution < -0.4 is 22.1 Å². The summed E-state index contributed by atoms with van der Waals surface area (Å²) in [6.07, 6.45) is -6.45. The smallest absolute Gasteiger partial charge is 0.306 e. The molecule has 0 amide bonds. The number of rotatable bonds is 22. The van der Waals surface area contributed by atoms with Crippen molar-refractivity contribution in [1.29, 1.82) is 0 Å². The lowest BCUT2D eigenvalue weighted by molar-refractivity contribution is -0.271. The SMILES string of the molecule is CCCCCCCC(=O)OC[C@H](COP(=O)([O-])O[C@H]1C(O)C(O)C(O)[C@@H](OP(=O)([O-])O)C1O)OC(=O)CCCCCCC.[NH4+].[NH4+]. The van der Waals surface area contributed by atoms with Gasteiger partial charge in [0.1, 0.15) is 43.2 Å². The van der Waals surface area contributed by atoms with Crippen LogP contribution in [-0.4, -0.2) is 93.2 Å². The summed E-state index contributed by atoms with van der Waals surface area (Å²) >= 11 is 0. The number of phosphoric ester groups is 2. The lowest BCUT2D eigenvalue weighted by Crippen LogP contribution is -2.64. The molecule has 270 valence electrons. The molecule has 6 unspecified atom stereocenters. The van der Waals surface area contributed by atoms with Crippen molar-refractivity contribution in [2.24, 2.45) is 0 Å². The number of carbonyl (C=O) groups excluding carboxylic acids is 2. The molecular formula is C25H54N2O16P2. The van der Waals surface area contributed by atoms with Gasteiger partial charge in [0.15, 0.2) is 6.10 Å². The Bertz CT molecular complexity index is 926. The minimum Gasteiger partial charge on any atom is -0.756 e. The first-order valence-electron chi connectivity index (χ1n) is 14.5. The molecular weight excluding hydrogens is 646 g/mol. The second-order valence-electron chi connectivity index (χ2n) is 10.4. The van der Waals surface area contributed by atoms with Gasteiger partial charge in [-0.3, -0.25) is 18.7 Å². The lowest BCUT2D eigenvalue weighted by Gasteiger charge is -2.45. The Morgan fingerprint density at radius 2 is 1.16 bits per heavy atom. The van der Waals surface area contributed by atoms with Gasteiger partial charge in [0.05, 0.1) is 6.61 Å². The van der Waals surface area contributed by atoms with Crippen LogP contribution in [0.5, 0.6) is 0 Å². The van der Waals surface area contributed by atoms with Crippen LogP contribution in [0, 0.1) is 0 Å². The van der Waals surface area contributed by atoms with Crippen molar-refractivity contribution in [2.75, 3.05) is 13.2 Å². The molecule has 1 aliphatic rings. The summed E-state index contributed by atoms with van der Waals surface area (Å²) < 4.78 is 47.6. The highest BCUT2D eigenvalue weighted by atomic mass is 31.2. The maximum absolute atomic E-state index is 12.6. The second kappa shape index (κ2) is 23.3. The van der Waals surface area contributed by atoms with E-state index in [1.54, 1.807) is 0 Å². The Hall–Kier alpha value is -1.08. The molecule has 18 nitrogen and oxygen atoms in total. The van der Waals surface area contributed by atoms with E-state index in [-0.39, 0.29) is 25.1 Å². The molecule has 1 rings (SSSR count). The summed E-state index contributed by atoms with van der Waals surface area (Å²) in [5.41, 5.74) is 0. The summed E-state index contributed by atoms with van der Waals surface area (Å²) in [7, 11) is -11.1. The lowest BCUT2D eigenvalue weighted by atomic mass is 9.85. The van der Waals surface area contributed by atoms with Crippen LogP contribution in [0.3, 0.4) is 0 Å². The minimum atomic E-state index is -5.60. The first kappa shape index (κ1) is 46.0. The maximum Gasteiger partial charge on any atom is 0.306 e. The van der Waals surface area contributed by atoms with Gasteiger partial charge in [-0.05, 0) is 12.8 Å². The highest BCUT2D eigenvalue weighted by Crippen LogP contribution is 2.45. The van der Waals surface area contributed by atoms with Crippen LogP contribution in [0.1, 0.15) is 90.9 Å². The van der Waals surface area contributed by atoms with E-state index < -0.39 is 83.5 Å². The Morgan fingerprint density at radius 1 is 0.689 bits per heavy atom. The van der Waals surface area contributed by atoms with Gasteiger partial charge in [-0.25, -0.2) is 0 Å². The molecule has 0 aliphatic heterocycles. The Morgan fingerprint density at radius 3 is 1.64 bits per heavy atom. The predicted octanol–water partition coefficient (Wildman–Crippen LogP) is 1.09. The molecule has 45 heavy (non-hydrogen) atoms. The molecule has 0 saturated heterocycles. The van der Waals surface area contributed by atoms with Crippen LogP contribution >= 0.6 is 15.6 Å². The Kier molecular flexibility index (Phi) is 23.8. The molecule has 13 N–H and O–H groups in total. The summed E-state index contributed by atoms with van der Waals surface area (Å²) in [5, 5.41) is 40.4. The molecule has 0 spiro atoms. The van der Waals surface area contributed by atoms with Crippen molar-refractivity contribution in [3.8, 4) is 0 Å². The van der Waals surface area contributed by atoms with E-state index in [2.05, 4.69) is 16.0 Å². The van der Waals surface area contributed by atoms with Crippen LogP contribution in [0.4, 0.5) is 0 Å². The number of esters is 2. The van der Waals surface area contributed by atoms with Crippen LogP contribution in [0.2, 0.25) is 0 Å². The fourth-order valence-corrected chi connectivity index (χ4v) is 5.82. The van der Waals surface area contributed by atoms with E-state index in [1.807, 2.05) is 6.92 Å². The van der Waals surface area contributed by atoms with Crippen LogP contribution in [0.15, 0.2) is 0 Å². The van der Waals surface area contributed by atoms with Crippen molar-refractivity contribution in [1.82, 2.24) is 12.3 Å². The number of ether oxygens (including phenoxy) is 2. The molecule has 1 aliphatic carbocycles. The molecule has 1 fully saturated rings. The first-order valence-corrected chi connectivity index (χ1v) is 17.5. The monoisotopic (exact) mass is 700 g/mol. The average molecular weight is 701 g/mol. The number of hydrogen-bond donors (Lipinski definition) is 7.